The van der Waals surface area contributed by atoms with Crippen molar-refractivity contribution < 1.29 is 23.1 Å². The quantitative estimate of drug-likeness (QED) is 0.510. The number of benzene rings is 1. The predicted octanol–water partition coefficient (Wildman–Crippen LogP) is 4.20. The van der Waals surface area contributed by atoms with Gasteiger partial charge in [-0.25, -0.2) is 23.1 Å². The Morgan fingerprint density at radius 3 is 2.67 bits per heavy atom. The van der Waals surface area contributed by atoms with E-state index >= 15 is 0 Å². The number of nitrogens with zero attached hydrogens (tertiary/aromatic N) is 3. The van der Waals surface area contributed by atoms with Crippen molar-refractivity contribution in [3.63, 3.8) is 0 Å². The van der Waals surface area contributed by atoms with Gasteiger partial charge in [-0.1, -0.05) is 30.3 Å². The smallest absolute Gasteiger partial charge is 0.408 e. The van der Waals surface area contributed by atoms with Gasteiger partial charge in [0.15, 0.2) is 5.65 Å². The van der Waals surface area contributed by atoms with Crippen molar-refractivity contribution >= 4 is 17.6 Å². The fourth-order valence-electron chi connectivity index (χ4n) is 5.01. The first kappa shape index (κ1) is 24.1. The van der Waals surface area contributed by atoms with Crippen LogP contribution in [-0.2, 0) is 22.6 Å². The number of nitrogens with one attached hydrogen (secondary N) is 2. The maximum absolute atomic E-state index is 13.9. The summed E-state index contributed by atoms with van der Waals surface area (Å²) in [4.78, 5) is 29.3. The predicted molar refractivity (Wildman–Crippen MR) is 127 cm³/mol. The average Bonchev–Trinajstić information content (AvgIpc) is 3.47. The maximum atomic E-state index is 13.9. The van der Waals surface area contributed by atoms with Gasteiger partial charge in [-0.2, -0.15) is 5.10 Å². The van der Waals surface area contributed by atoms with Crippen molar-refractivity contribution in [2.45, 2.75) is 57.1 Å². The van der Waals surface area contributed by atoms with Gasteiger partial charge < -0.3 is 15.4 Å². The number of amides is 2. The topological polar surface area (TPSA) is 97.6 Å². The second-order valence-corrected chi connectivity index (χ2v) is 9.65. The second-order valence-electron chi connectivity index (χ2n) is 9.65. The van der Waals surface area contributed by atoms with Crippen molar-refractivity contribution in [3.8, 4) is 0 Å². The van der Waals surface area contributed by atoms with E-state index in [1.807, 2.05) is 42.5 Å². The molecule has 1 unspecified atom stereocenters. The highest BCUT2D eigenvalue weighted by molar-refractivity contribution is 5.80. The van der Waals surface area contributed by atoms with Crippen LogP contribution in [0.3, 0.4) is 0 Å². The maximum Gasteiger partial charge on any atom is 0.408 e. The van der Waals surface area contributed by atoms with Crippen LogP contribution in [0.1, 0.15) is 55.1 Å². The highest BCUT2D eigenvalue weighted by Crippen LogP contribution is 2.41. The average molecular weight is 498 g/mol. The van der Waals surface area contributed by atoms with Crippen LogP contribution in [0.25, 0.3) is 5.65 Å². The Kier molecular flexibility index (Phi) is 6.84. The third-order valence-corrected chi connectivity index (χ3v) is 7.05. The Balaban J connectivity index is 1.34. The number of hydrogen-bond acceptors (Lipinski definition) is 5. The largest absolute Gasteiger partial charge is 0.445 e. The first-order valence-electron chi connectivity index (χ1n) is 12.3. The van der Waals surface area contributed by atoms with E-state index in [2.05, 4.69) is 20.7 Å². The molecule has 1 aliphatic heterocycles. The number of carbonyl (C=O) groups is 2. The highest BCUT2D eigenvalue weighted by Gasteiger charge is 2.39. The van der Waals surface area contributed by atoms with Crippen LogP contribution in [0.15, 0.2) is 48.7 Å². The van der Waals surface area contributed by atoms with E-state index < -0.39 is 18.1 Å². The summed E-state index contributed by atoms with van der Waals surface area (Å²) < 4.78 is 34.7. The number of imidazole rings is 1. The Morgan fingerprint density at radius 1 is 1.17 bits per heavy atom. The molecule has 10 heteroatoms. The molecule has 1 aliphatic carbocycles. The lowest BCUT2D eigenvalue weighted by Crippen LogP contribution is -2.37. The SMILES string of the molecule is O=C(N[C@H](c1cn2nc(CC3CCNC3=O)ccc2n1)C1CCC(F)(F)CC1)OCc1ccccc1. The minimum absolute atomic E-state index is 0.0376. The second kappa shape index (κ2) is 10.2. The van der Waals surface area contributed by atoms with Crippen LogP contribution >= 0.6 is 0 Å². The summed E-state index contributed by atoms with van der Waals surface area (Å²) in [5, 5.41) is 10.3. The molecule has 8 nitrogen and oxygen atoms in total. The van der Waals surface area contributed by atoms with Crippen LogP contribution in [0.2, 0.25) is 0 Å². The summed E-state index contributed by atoms with van der Waals surface area (Å²) in [7, 11) is 0. The lowest BCUT2D eigenvalue weighted by atomic mass is 9.81. The fraction of sp³-hybridized carbons (Fsp3) is 0.462. The molecule has 2 atom stereocenters. The monoisotopic (exact) mass is 497 g/mol. The van der Waals surface area contributed by atoms with Crippen molar-refractivity contribution in [2.75, 3.05) is 6.54 Å². The van der Waals surface area contributed by atoms with Gasteiger partial charge in [0.1, 0.15) is 6.61 Å². The van der Waals surface area contributed by atoms with Gasteiger partial charge in [0.05, 0.1) is 23.6 Å². The number of ether oxygens (including phenoxy) is 1. The minimum Gasteiger partial charge on any atom is -0.445 e. The summed E-state index contributed by atoms with van der Waals surface area (Å²) in [6, 6.07) is 12.4. The Morgan fingerprint density at radius 2 is 1.94 bits per heavy atom. The molecule has 0 radical (unpaired) electrons. The van der Waals surface area contributed by atoms with Gasteiger partial charge in [-0.15, -0.1) is 0 Å². The number of alkyl halides is 2. The zero-order valence-electron chi connectivity index (χ0n) is 19.8. The molecule has 1 saturated heterocycles. The molecule has 2 aromatic heterocycles. The van der Waals surface area contributed by atoms with E-state index in [0.29, 0.717) is 24.3 Å². The summed E-state index contributed by atoms with van der Waals surface area (Å²) in [6.07, 6.45) is 2.47. The number of alkyl carbamates (subject to hydrolysis) is 1. The van der Waals surface area contributed by atoms with E-state index in [1.54, 1.807) is 10.7 Å². The Bertz CT molecular complexity index is 1220. The Labute approximate surface area is 207 Å². The van der Waals surface area contributed by atoms with E-state index in [1.165, 1.54) is 0 Å². The van der Waals surface area contributed by atoms with E-state index in [0.717, 1.165) is 17.7 Å². The molecule has 190 valence electrons. The zero-order chi connectivity index (χ0) is 25.1. The lowest BCUT2D eigenvalue weighted by molar-refractivity contribution is -0.122. The lowest BCUT2D eigenvalue weighted by Gasteiger charge is -2.33. The molecular formula is C26H29F2N5O3. The molecule has 0 bridgehead atoms. The molecule has 2 aliphatic rings. The van der Waals surface area contributed by atoms with Gasteiger partial charge in [0.25, 0.3) is 0 Å². The van der Waals surface area contributed by atoms with E-state index in [4.69, 9.17) is 4.74 Å². The molecule has 36 heavy (non-hydrogen) atoms. The third-order valence-electron chi connectivity index (χ3n) is 7.05. The molecule has 0 spiro atoms. The molecule has 2 amide bonds. The summed E-state index contributed by atoms with van der Waals surface area (Å²) in [6.45, 7) is 0.780. The van der Waals surface area contributed by atoms with Crippen LogP contribution in [0.4, 0.5) is 13.6 Å². The minimum atomic E-state index is -2.68. The summed E-state index contributed by atoms with van der Waals surface area (Å²) in [5.41, 5.74) is 2.74. The van der Waals surface area contributed by atoms with Crippen molar-refractivity contribution in [1.82, 2.24) is 25.2 Å². The number of hydrogen-bond donors (Lipinski definition) is 2. The normalized spacial score (nSPS) is 20.7. The molecule has 3 aromatic rings. The van der Waals surface area contributed by atoms with Crippen molar-refractivity contribution in [2.24, 2.45) is 11.8 Å². The number of rotatable bonds is 7. The van der Waals surface area contributed by atoms with Crippen molar-refractivity contribution in [3.05, 3.63) is 65.6 Å². The van der Waals surface area contributed by atoms with Gasteiger partial charge >= 0.3 is 6.09 Å². The molecule has 5 rings (SSSR count). The van der Waals surface area contributed by atoms with Crippen molar-refractivity contribution in [1.29, 1.82) is 0 Å². The van der Waals surface area contributed by atoms with Gasteiger partial charge in [0, 0.05) is 31.7 Å². The Hall–Kier alpha value is -3.56. The van der Waals surface area contributed by atoms with Gasteiger partial charge in [-0.05, 0) is 42.9 Å². The summed E-state index contributed by atoms with van der Waals surface area (Å²) >= 11 is 0. The zero-order valence-corrected chi connectivity index (χ0v) is 19.8. The van der Waals surface area contributed by atoms with Crippen LogP contribution in [0.5, 0.6) is 0 Å². The number of fused-ring (bicyclic) bond motifs is 1. The van der Waals surface area contributed by atoms with E-state index in [-0.39, 0.29) is 50.0 Å². The van der Waals surface area contributed by atoms with E-state index in [9.17, 15) is 18.4 Å². The fourth-order valence-corrected chi connectivity index (χ4v) is 5.01. The van der Waals surface area contributed by atoms with Crippen LogP contribution in [-0.4, -0.2) is 39.1 Å². The third kappa shape index (κ3) is 5.63. The highest BCUT2D eigenvalue weighted by atomic mass is 19.3. The first-order valence-corrected chi connectivity index (χ1v) is 12.3. The standard InChI is InChI=1S/C26H29F2N5O3/c27-26(28)11-8-18(9-12-26)23(31-25(35)36-16-17-4-2-1-3-5-17)21-15-33-22(30-21)7-6-20(32-33)14-19-10-13-29-24(19)34/h1-7,15,18-19,23H,8-14,16H2,(H,29,34)(H,31,35)/t19?,23-/m0/s1. The molecule has 3 heterocycles. The number of carbonyl (C=O) groups excluding carboxylic acids is 2. The molecule has 1 aromatic carbocycles. The molecule has 2 N–H and O–H groups in total. The molecular weight excluding hydrogens is 468 g/mol. The first-order chi connectivity index (χ1) is 17.4. The number of halogens is 2. The van der Waals surface area contributed by atoms with Gasteiger partial charge in [0.2, 0.25) is 11.8 Å². The molecule has 2 fully saturated rings. The summed E-state index contributed by atoms with van der Waals surface area (Å²) in [5.74, 6) is -2.96. The number of aromatic nitrogens is 3. The van der Waals surface area contributed by atoms with Gasteiger partial charge in [-0.3, -0.25) is 4.79 Å². The van der Waals surface area contributed by atoms with Crippen LogP contribution < -0.4 is 10.6 Å². The molecule has 1 saturated carbocycles. The van der Waals surface area contributed by atoms with Crippen LogP contribution in [0, 0.1) is 11.8 Å².